The number of hydrogen-bond donors (Lipinski definition) is 0. The molecular formula is C41H29O2P. The van der Waals surface area contributed by atoms with Gasteiger partial charge in [0.2, 0.25) is 0 Å². The van der Waals surface area contributed by atoms with Crippen molar-refractivity contribution in [2.45, 2.75) is 6.92 Å². The largest absolute Gasteiger partial charge is 0.456 e. The first-order chi connectivity index (χ1) is 21.7. The van der Waals surface area contributed by atoms with Crippen LogP contribution in [0.25, 0.3) is 43.8 Å². The predicted molar refractivity (Wildman–Crippen MR) is 187 cm³/mol. The molecule has 2 aliphatic heterocycles. The Kier molecular flexibility index (Phi) is 6.51. The minimum Gasteiger partial charge on any atom is -0.456 e. The van der Waals surface area contributed by atoms with E-state index in [-0.39, 0.29) is 0 Å². The predicted octanol–water partition coefficient (Wildman–Crippen LogP) is 10.5. The Morgan fingerprint density at radius 2 is 1.18 bits per heavy atom. The van der Waals surface area contributed by atoms with E-state index in [9.17, 15) is 0 Å². The van der Waals surface area contributed by atoms with Crippen molar-refractivity contribution >= 4 is 45.4 Å². The summed E-state index contributed by atoms with van der Waals surface area (Å²) in [5.74, 6) is 3.65. The average molecular weight is 585 g/mol. The molecular weight excluding hydrogens is 555 g/mol. The van der Waals surface area contributed by atoms with Gasteiger partial charge in [-0.15, -0.1) is 6.58 Å². The fraction of sp³-hybridized carbons (Fsp3) is 0.0244. The molecule has 0 saturated carbocycles. The summed E-state index contributed by atoms with van der Waals surface area (Å²) >= 11 is 0. The zero-order valence-corrected chi connectivity index (χ0v) is 25.2. The Balaban J connectivity index is 0.000000928. The molecule has 0 spiro atoms. The van der Waals surface area contributed by atoms with Crippen LogP contribution >= 0.6 is 7.92 Å². The van der Waals surface area contributed by atoms with E-state index in [1.165, 1.54) is 37.7 Å². The van der Waals surface area contributed by atoms with Gasteiger partial charge in [-0.2, -0.15) is 0 Å². The van der Waals surface area contributed by atoms with Crippen LogP contribution in [0.2, 0.25) is 0 Å². The van der Waals surface area contributed by atoms with E-state index in [4.69, 9.17) is 9.47 Å². The highest BCUT2D eigenvalue weighted by Crippen LogP contribution is 2.56. The molecule has 44 heavy (non-hydrogen) atoms. The average Bonchev–Trinajstić information content (AvgIpc) is 3.08. The summed E-state index contributed by atoms with van der Waals surface area (Å²) in [5, 5.41) is 8.56. The summed E-state index contributed by atoms with van der Waals surface area (Å²) in [6, 6.07) is 49.6. The van der Waals surface area contributed by atoms with Crippen molar-refractivity contribution in [3.63, 3.8) is 0 Å². The van der Waals surface area contributed by atoms with Crippen molar-refractivity contribution in [1.82, 2.24) is 0 Å². The standard InChI is InChI=1S/C38H23O2P.C3H6/c1-2-8-24(9-3-1)28-17-21-35-34(23-28)39-33-20-18-30(29-15-14-25-10-4-5-12-27(25)22-29)36-38(33)41(35)37-31-13-7-6-11-26(31)16-19-32(37)40-36;1-3-2/h1-23H;3H,1H2,2H3. The molecule has 7 aromatic rings. The number of hydrogen-bond acceptors (Lipinski definition) is 2. The van der Waals surface area contributed by atoms with Gasteiger partial charge in [-0.1, -0.05) is 109 Å². The summed E-state index contributed by atoms with van der Waals surface area (Å²) in [7, 11) is -0.923. The Labute approximate surface area is 258 Å². The molecule has 210 valence electrons. The van der Waals surface area contributed by atoms with Crippen LogP contribution in [-0.4, -0.2) is 0 Å². The van der Waals surface area contributed by atoms with Crippen molar-refractivity contribution in [3.8, 4) is 45.3 Å². The molecule has 0 fully saturated rings. The molecule has 0 amide bonds. The molecule has 2 heterocycles. The lowest BCUT2D eigenvalue weighted by Gasteiger charge is -2.36. The second kappa shape index (κ2) is 10.8. The van der Waals surface area contributed by atoms with Gasteiger partial charge in [0.1, 0.15) is 23.0 Å². The van der Waals surface area contributed by atoms with Gasteiger partial charge in [0, 0.05) is 24.1 Å². The van der Waals surface area contributed by atoms with Gasteiger partial charge in [0.05, 0.1) is 5.30 Å². The number of ether oxygens (including phenoxy) is 2. The molecule has 0 radical (unpaired) electrons. The highest BCUT2D eigenvalue weighted by molar-refractivity contribution is 7.81. The quantitative estimate of drug-likeness (QED) is 0.149. The van der Waals surface area contributed by atoms with E-state index < -0.39 is 7.92 Å². The minimum absolute atomic E-state index is 0.881. The normalized spacial score (nSPS) is 13.8. The third-order valence-corrected chi connectivity index (χ3v) is 10.8. The van der Waals surface area contributed by atoms with Crippen LogP contribution in [0.5, 0.6) is 23.0 Å². The maximum absolute atomic E-state index is 6.87. The molecule has 0 N–H and O–H groups in total. The van der Waals surface area contributed by atoms with Crippen LogP contribution < -0.4 is 25.4 Å². The second-order valence-corrected chi connectivity index (χ2v) is 13.0. The molecule has 0 aliphatic carbocycles. The van der Waals surface area contributed by atoms with Gasteiger partial charge in [-0.25, -0.2) is 0 Å². The summed E-state index contributed by atoms with van der Waals surface area (Å²) < 4.78 is 13.6. The van der Waals surface area contributed by atoms with Gasteiger partial charge >= 0.3 is 0 Å². The number of rotatable bonds is 2. The number of benzene rings is 7. The fourth-order valence-corrected chi connectivity index (χ4v) is 9.01. The highest BCUT2D eigenvalue weighted by Gasteiger charge is 2.39. The van der Waals surface area contributed by atoms with Crippen molar-refractivity contribution in [3.05, 3.63) is 152 Å². The van der Waals surface area contributed by atoms with Crippen molar-refractivity contribution in [2.75, 3.05) is 0 Å². The van der Waals surface area contributed by atoms with Crippen LogP contribution in [0.15, 0.2) is 152 Å². The Hall–Kier alpha value is -5.17. The first-order valence-corrected chi connectivity index (χ1v) is 16.2. The summed E-state index contributed by atoms with van der Waals surface area (Å²) in [4.78, 5) is 0. The molecule has 0 saturated heterocycles. The van der Waals surface area contributed by atoms with Crippen LogP contribution in [0, 0.1) is 0 Å². The van der Waals surface area contributed by atoms with Gasteiger partial charge < -0.3 is 9.47 Å². The fourth-order valence-electron chi connectivity index (χ4n) is 6.25. The molecule has 0 aromatic heterocycles. The van der Waals surface area contributed by atoms with Crippen LogP contribution in [0.4, 0.5) is 0 Å². The number of allylic oxidation sites excluding steroid dienone is 1. The van der Waals surface area contributed by atoms with Gasteiger partial charge in [-0.3, -0.25) is 0 Å². The van der Waals surface area contributed by atoms with Crippen LogP contribution in [0.3, 0.4) is 0 Å². The lowest BCUT2D eigenvalue weighted by Crippen LogP contribution is -2.32. The zero-order valence-electron chi connectivity index (χ0n) is 24.3. The monoisotopic (exact) mass is 584 g/mol. The van der Waals surface area contributed by atoms with E-state index in [0.29, 0.717) is 0 Å². The zero-order chi connectivity index (χ0) is 29.6. The first-order valence-electron chi connectivity index (χ1n) is 14.8. The summed E-state index contributed by atoms with van der Waals surface area (Å²) in [5.41, 5.74) is 4.57. The van der Waals surface area contributed by atoms with Crippen molar-refractivity contribution in [1.29, 1.82) is 0 Å². The van der Waals surface area contributed by atoms with Gasteiger partial charge in [-0.05, 0) is 81.6 Å². The minimum atomic E-state index is -0.923. The number of fused-ring (bicyclic) bond motifs is 7. The van der Waals surface area contributed by atoms with Gasteiger partial charge in [0.25, 0.3) is 0 Å². The molecule has 3 heteroatoms. The lowest BCUT2D eigenvalue weighted by molar-refractivity contribution is 0.468. The Morgan fingerprint density at radius 1 is 0.523 bits per heavy atom. The van der Waals surface area contributed by atoms with E-state index >= 15 is 0 Å². The van der Waals surface area contributed by atoms with Crippen molar-refractivity contribution in [2.24, 2.45) is 0 Å². The molecule has 0 bridgehead atoms. The summed E-state index contributed by atoms with van der Waals surface area (Å²) in [6.45, 7) is 5.25. The second-order valence-electron chi connectivity index (χ2n) is 11.0. The maximum Gasteiger partial charge on any atom is 0.147 e. The smallest absolute Gasteiger partial charge is 0.147 e. The summed E-state index contributed by atoms with van der Waals surface area (Å²) in [6.07, 6.45) is 1.75. The molecule has 2 aliphatic rings. The Morgan fingerprint density at radius 3 is 2.02 bits per heavy atom. The molecule has 1 atom stereocenters. The first kappa shape index (κ1) is 26.5. The SMILES string of the molecule is C=CC.c1ccc(-c2ccc3c(c2)Oc2ccc(-c4ccc5ccccc5c4)c4c2P3c2c(ccc3ccccc23)O4)cc1. The van der Waals surface area contributed by atoms with E-state index in [1.807, 2.05) is 6.92 Å². The molecule has 1 unspecified atom stereocenters. The third kappa shape index (κ3) is 4.30. The lowest BCUT2D eigenvalue weighted by atomic mass is 10.00. The van der Waals surface area contributed by atoms with E-state index in [2.05, 4.69) is 146 Å². The Bertz CT molecular complexity index is 2220. The van der Waals surface area contributed by atoms with Gasteiger partial charge in [0.15, 0.2) is 0 Å². The van der Waals surface area contributed by atoms with Crippen molar-refractivity contribution < 1.29 is 9.47 Å². The highest BCUT2D eigenvalue weighted by atomic mass is 31.1. The van der Waals surface area contributed by atoms with E-state index in [0.717, 1.165) is 45.0 Å². The maximum atomic E-state index is 6.87. The third-order valence-electron chi connectivity index (χ3n) is 8.21. The molecule has 2 nitrogen and oxygen atoms in total. The topological polar surface area (TPSA) is 18.5 Å². The molecule has 9 rings (SSSR count). The molecule has 7 aromatic carbocycles. The van der Waals surface area contributed by atoms with E-state index in [1.54, 1.807) is 6.08 Å². The van der Waals surface area contributed by atoms with Crippen LogP contribution in [0.1, 0.15) is 6.92 Å². The van der Waals surface area contributed by atoms with Crippen LogP contribution in [-0.2, 0) is 0 Å².